The van der Waals surface area contributed by atoms with Gasteiger partial charge in [-0.05, 0) is 12.3 Å². The summed E-state index contributed by atoms with van der Waals surface area (Å²) >= 11 is 0. The molecule has 104 valence electrons. The first kappa shape index (κ1) is 16.2. The summed E-state index contributed by atoms with van der Waals surface area (Å²) in [4.78, 5) is 36.7. The average molecular weight is 262 g/mol. The molecule has 0 heterocycles. The quantitative estimate of drug-likeness (QED) is 0.529. The van der Waals surface area contributed by atoms with Gasteiger partial charge in [-0.2, -0.15) is 5.48 Å². The Morgan fingerprint density at radius 3 is 2.39 bits per heavy atom. The third-order valence-electron chi connectivity index (χ3n) is 1.87. The molecule has 8 nitrogen and oxygen atoms in total. The van der Waals surface area contributed by atoms with Crippen molar-refractivity contribution < 1.29 is 29.1 Å². The Hall–Kier alpha value is -1.83. The fraction of sp³-hybridized carbons (Fsp3) is 0.700. The van der Waals surface area contributed by atoms with Gasteiger partial charge in [-0.15, -0.1) is 0 Å². The molecule has 0 aliphatic rings. The monoisotopic (exact) mass is 262 g/mol. The minimum Gasteiger partial charge on any atom is -0.479 e. The summed E-state index contributed by atoms with van der Waals surface area (Å²) in [7, 11) is 0. The smallest absolute Gasteiger partial charge is 0.431 e. The molecule has 0 rings (SSSR count). The Morgan fingerprint density at radius 1 is 1.33 bits per heavy atom. The molecule has 0 fully saturated rings. The van der Waals surface area contributed by atoms with E-state index in [4.69, 9.17) is 15.6 Å². The SMILES string of the molecule is CC(C)CCOC(=O)NO[C@H](CC(N)=O)C(=O)O. The zero-order valence-electron chi connectivity index (χ0n) is 10.3. The fourth-order valence-corrected chi connectivity index (χ4v) is 0.898. The van der Waals surface area contributed by atoms with Crippen LogP contribution in [0.2, 0.25) is 0 Å². The van der Waals surface area contributed by atoms with Gasteiger partial charge in [-0.25, -0.2) is 9.59 Å². The minimum absolute atomic E-state index is 0.195. The van der Waals surface area contributed by atoms with Crippen LogP contribution in [0, 0.1) is 5.92 Å². The van der Waals surface area contributed by atoms with Gasteiger partial charge in [0.25, 0.3) is 0 Å². The number of nitrogens with one attached hydrogen (secondary N) is 1. The van der Waals surface area contributed by atoms with E-state index in [-0.39, 0.29) is 6.61 Å². The number of amides is 2. The second-order valence-electron chi connectivity index (χ2n) is 4.04. The highest BCUT2D eigenvalue weighted by atomic mass is 16.7. The lowest BCUT2D eigenvalue weighted by atomic mass is 10.1. The summed E-state index contributed by atoms with van der Waals surface area (Å²) in [5.41, 5.74) is 6.62. The van der Waals surface area contributed by atoms with E-state index >= 15 is 0 Å². The van der Waals surface area contributed by atoms with Gasteiger partial charge in [0, 0.05) is 0 Å². The van der Waals surface area contributed by atoms with Gasteiger partial charge in [0.2, 0.25) is 5.91 Å². The number of nitrogens with two attached hydrogens (primary N) is 1. The Kier molecular flexibility index (Phi) is 7.45. The first-order valence-electron chi connectivity index (χ1n) is 5.42. The number of carbonyl (C=O) groups is 3. The van der Waals surface area contributed by atoms with Crippen LogP contribution in [0.4, 0.5) is 4.79 Å². The molecule has 0 saturated carbocycles. The van der Waals surface area contributed by atoms with Crippen LogP contribution in [0.1, 0.15) is 26.7 Å². The second kappa shape index (κ2) is 8.29. The van der Waals surface area contributed by atoms with Crippen molar-refractivity contribution >= 4 is 18.0 Å². The molecule has 0 unspecified atom stereocenters. The number of carboxylic acids is 1. The zero-order valence-corrected chi connectivity index (χ0v) is 10.3. The van der Waals surface area contributed by atoms with E-state index in [1.807, 2.05) is 13.8 Å². The number of primary amides is 1. The van der Waals surface area contributed by atoms with E-state index in [1.165, 1.54) is 0 Å². The van der Waals surface area contributed by atoms with Gasteiger partial charge < -0.3 is 15.6 Å². The maximum absolute atomic E-state index is 11.1. The van der Waals surface area contributed by atoms with Crippen LogP contribution in [0.3, 0.4) is 0 Å². The van der Waals surface area contributed by atoms with E-state index in [2.05, 4.69) is 4.84 Å². The summed E-state index contributed by atoms with van der Waals surface area (Å²) < 4.78 is 4.70. The van der Waals surface area contributed by atoms with E-state index in [0.29, 0.717) is 12.3 Å². The third-order valence-corrected chi connectivity index (χ3v) is 1.87. The molecule has 0 aromatic rings. The summed E-state index contributed by atoms with van der Waals surface area (Å²) in [6.45, 7) is 4.12. The molecule has 0 aliphatic carbocycles. The maximum atomic E-state index is 11.1. The van der Waals surface area contributed by atoms with Crippen molar-refractivity contribution in [2.45, 2.75) is 32.8 Å². The molecular weight excluding hydrogens is 244 g/mol. The highest BCUT2D eigenvalue weighted by Crippen LogP contribution is 2.00. The number of ether oxygens (including phenoxy) is 1. The second-order valence-corrected chi connectivity index (χ2v) is 4.04. The topological polar surface area (TPSA) is 128 Å². The lowest BCUT2D eigenvalue weighted by Gasteiger charge is -2.12. The number of aliphatic carboxylic acids is 1. The summed E-state index contributed by atoms with van der Waals surface area (Å²) in [6.07, 6.45) is -2.30. The molecule has 0 radical (unpaired) electrons. The number of hydroxylamine groups is 1. The molecule has 1 atom stereocenters. The zero-order chi connectivity index (χ0) is 14.1. The first-order chi connectivity index (χ1) is 8.32. The van der Waals surface area contributed by atoms with Crippen LogP contribution in [0.15, 0.2) is 0 Å². The first-order valence-corrected chi connectivity index (χ1v) is 5.42. The molecule has 8 heteroatoms. The number of carboxylic acid groups (broad SMARTS) is 1. The Bertz CT molecular complexity index is 305. The maximum Gasteiger partial charge on any atom is 0.431 e. The number of hydrogen-bond acceptors (Lipinski definition) is 5. The Balaban J connectivity index is 3.92. The van der Waals surface area contributed by atoms with Crippen LogP contribution >= 0.6 is 0 Å². The summed E-state index contributed by atoms with van der Waals surface area (Å²) in [5, 5.41) is 8.66. The largest absolute Gasteiger partial charge is 0.479 e. The van der Waals surface area contributed by atoms with Crippen molar-refractivity contribution in [1.82, 2.24) is 5.48 Å². The number of hydrogen-bond donors (Lipinski definition) is 3. The van der Waals surface area contributed by atoms with Crippen molar-refractivity contribution in [3.63, 3.8) is 0 Å². The molecule has 0 spiro atoms. The van der Waals surface area contributed by atoms with Crippen LogP contribution in [0.25, 0.3) is 0 Å². The van der Waals surface area contributed by atoms with Crippen LogP contribution in [-0.4, -0.2) is 35.8 Å². The molecular formula is C10H18N2O6. The van der Waals surface area contributed by atoms with E-state index in [1.54, 1.807) is 5.48 Å². The summed E-state index contributed by atoms with van der Waals surface area (Å²) in [5.74, 6) is -1.88. The molecule has 2 amide bonds. The molecule has 0 saturated heterocycles. The van der Waals surface area contributed by atoms with Gasteiger partial charge >= 0.3 is 12.1 Å². The van der Waals surface area contributed by atoms with Crippen LogP contribution in [-0.2, 0) is 19.2 Å². The van der Waals surface area contributed by atoms with Crippen molar-refractivity contribution in [1.29, 1.82) is 0 Å². The average Bonchev–Trinajstić information content (AvgIpc) is 2.22. The van der Waals surface area contributed by atoms with Crippen molar-refractivity contribution in [3.8, 4) is 0 Å². The van der Waals surface area contributed by atoms with Crippen molar-refractivity contribution in [3.05, 3.63) is 0 Å². The predicted molar refractivity (Wildman–Crippen MR) is 60.3 cm³/mol. The van der Waals surface area contributed by atoms with Gasteiger partial charge in [0.1, 0.15) is 0 Å². The van der Waals surface area contributed by atoms with Gasteiger partial charge in [0.05, 0.1) is 13.0 Å². The lowest BCUT2D eigenvalue weighted by molar-refractivity contribution is -0.157. The van der Waals surface area contributed by atoms with Crippen molar-refractivity contribution in [2.24, 2.45) is 11.7 Å². The highest BCUT2D eigenvalue weighted by molar-refractivity contribution is 5.82. The molecule has 18 heavy (non-hydrogen) atoms. The normalized spacial score (nSPS) is 11.9. The van der Waals surface area contributed by atoms with Crippen LogP contribution in [0.5, 0.6) is 0 Å². The molecule has 0 aromatic heterocycles. The number of carbonyl (C=O) groups excluding carboxylic acids is 2. The molecule has 0 aliphatic heterocycles. The predicted octanol–water partition coefficient (Wildman–Crippen LogP) is 0.0189. The van der Waals surface area contributed by atoms with Crippen molar-refractivity contribution in [2.75, 3.05) is 6.61 Å². The van der Waals surface area contributed by atoms with Gasteiger partial charge in [0.15, 0.2) is 6.10 Å². The van der Waals surface area contributed by atoms with Gasteiger partial charge in [-0.1, -0.05) is 13.8 Å². The number of rotatable bonds is 8. The van der Waals surface area contributed by atoms with Gasteiger partial charge in [-0.3, -0.25) is 9.63 Å². The molecule has 4 N–H and O–H groups in total. The van der Waals surface area contributed by atoms with Crippen LogP contribution < -0.4 is 11.2 Å². The molecule has 0 bridgehead atoms. The minimum atomic E-state index is -1.53. The van der Waals surface area contributed by atoms with E-state index < -0.39 is 30.5 Å². The molecule has 0 aromatic carbocycles. The lowest BCUT2D eigenvalue weighted by Crippen LogP contribution is -2.37. The summed E-state index contributed by atoms with van der Waals surface area (Å²) in [6, 6.07) is 0. The third kappa shape index (κ3) is 8.34. The van der Waals surface area contributed by atoms with E-state index in [0.717, 1.165) is 0 Å². The Morgan fingerprint density at radius 2 is 1.94 bits per heavy atom. The standard InChI is InChI=1S/C10H18N2O6/c1-6(2)3-4-17-10(16)12-18-7(9(14)15)5-8(11)13/h6-7H,3-5H2,1-2H3,(H2,11,13)(H,12,16)(H,14,15)/t7-/m1/s1. The Labute approximate surface area is 104 Å². The fourth-order valence-electron chi connectivity index (χ4n) is 0.898. The van der Waals surface area contributed by atoms with E-state index in [9.17, 15) is 14.4 Å². The highest BCUT2D eigenvalue weighted by Gasteiger charge is 2.22.